The molecule has 0 aliphatic heterocycles. The van der Waals surface area contributed by atoms with Crippen molar-refractivity contribution in [2.45, 2.75) is 6.92 Å². The summed E-state index contributed by atoms with van der Waals surface area (Å²) in [6.45, 7) is 2.46. The van der Waals surface area contributed by atoms with Crippen molar-refractivity contribution in [3.05, 3.63) is 36.2 Å². The molecule has 5 heteroatoms. The first-order valence-corrected chi connectivity index (χ1v) is 6.52. The fraction of sp³-hybridized carbons (Fsp3) is 0.250. The van der Waals surface area contributed by atoms with Crippen molar-refractivity contribution < 1.29 is 19.0 Å². The zero-order valence-electron chi connectivity index (χ0n) is 12.3. The third-order valence-electron chi connectivity index (χ3n) is 3.02. The average Bonchev–Trinajstić information content (AvgIpc) is 2.54. The summed E-state index contributed by atoms with van der Waals surface area (Å²) < 4.78 is 15.9. The first kappa shape index (κ1) is 14.8. The van der Waals surface area contributed by atoms with E-state index < -0.39 is 0 Å². The third kappa shape index (κ3) is 3.13. The number of aromatic nitrogens is 1. The maximum atomic E-state index is 11.3. The fourth-order valence-electron chi connectivity index (χ4n) is 2.05. The van der Waals surface area contributed by atoms with E-state index in [9.17, 15) is 4.79 Å². The summed E-state index contributed by atoms with van der Waals surface area (Å²) in [5.74, 6) is 1.72. The Kier molecular flexibility index (Phi) is 4.77. The molecule has 0 N–H and O–H groups in total. The van der Waals surface area contributed by atoms with E-state index in [1.807, 2.05) is 13.0 Å². The second-order valence-electron chi connectivity index (χ2n) is 4.25. The molecule has 0 saturated carbocycles. The van der Waals surface area contributed by atoms with Crippen molar-refractivity contribution >= 4 is 6.29 Å². The standard InChI is InChI=1S/C16H17NO4/c1-4-21-13-5-11(8-17-9-13)14-7-16(20-3)15(19-2)6-12(14)10-18/h5-10H,4H2,1-3H3. The van der Waals surface area contributed by atoms with Crippen LogP contribution in [-0.4, -0.2) is 32.1 Å². The molecule has 1 aromatic heterocycles. The summed E-state index contributed by atoms with van der Waals surface area (Å²) in [6.07, 6.45) is 4.09. The zero-order chi connectivity index (χ0) is 15.2. The van der Waals surface area contributed by atoms with Crippen molar-refractivity contribution in [2.75, 3.05) is 20.8 Å². The molecule has 21 heavy (non-hydrogen) atoms. The normalized spacial score (nSPS) is 10.0. The van der Waals surface area contributed by atoms with Gasteiger partial charge in [-0.3, -0.25) is 9.78 Å². The molecule has 0 unspecified atom stereocenters. The topological polar surface area (TPSA) is 57.6 Å². The minimum atomic E-state index is 0.503. The van der Waals surface area contributed by atoms with Crippen LogP contribution >= 0.6 is 0 Å². The Hall–Kier alpha value is -2.56. The number of aldehydes is 1. The average molecular weight is 287 g/mol. The van der Waals surface area contributed by atoms with Gasteiger partial charge in [-0.15, -0.1) is 0 Å². The van der Waals surface area contributed by atoms with Crippen molar-refractivity contribution in [3.63, 3.8) is 0 Å². The molecule has 0 atom stereocenters. The first-order chi connectivity index (χ1) is 10.2. The Morgan fingerprint density at radius 3 is 2.43 bits per heavy atom. The van der Waals surface area contributed by atoms with Gasteiger partial charge in [0.25, 0.3) is 0 Å². The number of methoxy groups -OCH3 is 2. The molecule has 0 aliphatic rings. The Morgan fingerprint density at radius 2 is 1.81 bits per heavy atom. The second-order valence-corrected chi connectivity index (χ2v) is 4.25. The highest BCUT2D eigenvalue weighted by atomic mass is 16.5. The summed E-state index contributed by atoms with van der Waals surface area (Å²) in [7, 11) is 3.08. The van der Waals surface area contributed by atoms with E-state index in [0.29, 0.717) is 29.4 Å². The van der Waals surface area contributed by atoms with Gasteiger partial charge >= 0.3 is 0 Å². The van der Waals surface area contributed by atoms with Gasteiger partial charge in [-0.25, -0.2) is 0 Å². The molecule has 110 valence electrons. The molecule has 0 bridgehead atoms. The Labute approximate surface area is 123 Å². The van der Waals surface area contributed by atoms with Crippen molar-refractivity contribution in [1.29, 1.82) is 0 Å². The van der Waals surface area contributed by atoms with Gasteiger partial charge < -0.3 is 14.2 Å². The summed E-state index contributed by atoms with van der Waals surface area (Å²) >= 11 is 0. The number of carbonyl (C=O) groups excluding carboxylic acids is 1. The van der Waals surface area contributed by atoms with Gasteiger partial charge in [-0.05, 0) is 30.7 Å². The van der Waals surface area contributed by atoms with Crippen LogP contribution in [0.25, 0.3) is 11.1 Å². The van der Waals surface area contributed by atoms with E-state index in [1.54, 1.807) is 31.6 Å². The lowest BCUT2D eigenvalue weighted by atomic mass is 10.0. The van der Waals surface area contributed by atoms with Crippen molar-refractivity contribution in [3.8, 4) is 28.4 Å². The van der Waals surface area contributed by atoms with Crippen LogP contribution in [0.15, 0.2) is 30.6 Å². The fourth-order valence-corrected chi connectivity index (χ4v) is 2.05. The molecule has 2 rings (SSSR count). The lowest BCUT2D eigenvalue weighted by molar-refractivity contribution is 0.112. The smallest absolute Gasteiger partial charge is 0.161 e. The highest BCUT2D eigenvalue weighted by Gasteiger charge is 2.13. The summed E-state index contributed by atoms with van der Waals surface area (Å²) in [6, 6.07) is 5.24. The van der Waals surface area contributed by atoms with Crippen LogP contribution in [-0.2, 0) is 0 Å². The van der Waals surface area contributed by atoms with Crippen LogP contribution in [0.5, 0.6) is 17.2 Å². The van der Waals surface area contributed by atoms with E-state index in [1.165, 1.54) is 7.11 Å². The number of carbonyl (C=O) groups is 1. The van der Waals surface area contributed by atoms with Crippen LogP contribution in [0, 0.1) is 0 Å². The van der Waals surface area contributed by atoms with Gasteiger partial charge in [-0.2, -0.15) is 0 Å². The monoisotopic (exact) mass is 287 g/mol. The third-order valence-corrected chi connectivity index (χ3v) is 3.02. The molecule has 1 aromatic carbocycles. The highest BCUT2D eigenvalue weighted by molar-refractivity contribution is 5.89. The molecule has 0 fully saturated rings. The number of nitrogens with zero attached hydrogens (tertiary/aromatic N) is 1. The Bertz CT molecular complexity index is 640. The molecule has 0 radical (unpaired) electrons. The number of rotatable bonds is 6. The van der Waals surface area contributed by atoms with Gasteiger partial charge in [0.2, 0.25) is 0 Å². The SMILES string of the molecule is CCOc1cncc(-c2cc(OC)c(OC)cc2C=O)c1. The van der Waals surface area contributed by atoms with Crippen LogP contribution in [0.2, 0.25) is 0 Å². The van der Waals surface area contributed by atoms with Gasteiger partial charge in [0.05, 0.1) is 27.0 Å². The molecule has 1 heterocycles. The van der Waals surface area contributed by atoms with Crippen LogP contribution in [0.4, 0.5) is 0 Å². The molecular formula is C16H17NO4. The van der Waals surface area contributed by atoms with E-state index in [2.05, 4.69) is 4.98 Å². The van der Waals surface area contributed by atoms with Gasteiger partial charge in [0, 0.05) is 17.3 Å². The lowest BCUT2D eigenvalue weighted by Gasteiger charge is -2.13. The first-order valence-electron chi connectivity index (χ1n) is 6.52. The number of benzene rings is 1. The molecule has 0 amide bonds. The molecular weight excluding hydrogens is 270 g/mol. The minimum Gasteiger partial charge on any atom is -0.493 e. The quantitative estimate of drug-likeness (QED) is 0.764. The van der Waals surface area contributed by atoms with Crippen LogP contribution in [0.1, 0.15) is 17.3 Å². The molecule has 5 nitrogen and oxygen atoms in total. The van der Waals surface area contributed by atoms with E-state index in [-0.39, 0.29) is 0 Å². The summed E-state index contributed by atoms with van der Waals surface area (Å²) in [5.41, 5.74) is 2.00. The molecule has 0 saturated heterocycles. The lowest BCUT2D eigenvalue weighted by Crippen LogP contribution is -1.97. The summed E-state index contributed by atoms with van der Waals surface area (Å²) in [5, 5.41) is 0. The van der Waals surface area contributed by atoms with Gasteiger partial charge in [0.15, 0.2) is 17.8 Å². The predicted molar refractivity (Wildman–Crippen MR) is 79.3 cm³/mol. The minimum absolute atomic E-state index is 0.503. The van der Waals surface area contributed by atoms with Crippen molar-refractivity contribution in [1.82, 2.24) is 4.98 Å². The van der Waals surface area contributed by atoms with E-state index >= 15 is 0 Å². The highest BCUT2D eigenvalue weighted by Crippen LogP contribution is 2.35. The zero-order valence-corrected chi connectivity index (χ0v) is 12.3. The largest absolute Gasteiger partial charge is 0.493 e. The van der Waals surface area contributed by atoms with Crippen LogP contribution in [0.3, 0.4) is 0 Å². The van der Waals surface area contributed by atoms with Gasteiger partial charge in [0.1, 0.15) is 5.75 Å². The number of hydrogen-bond donors (Lipinski definition) is 0. The Morgan fingerprint density at radius 1 is 1.10 bits per heavy atom. The molecule has 0 spiro atoms. The maximum Gasteiger partial charge on any atom is 0.161 e. The number of pyridine rings is 1. The Balaban J connectivity index is 2.56. The van der Waals surface area contributed by atoms with Crippen LogP contribution < -0.4 is 14.2 Å². The predicted octanol–water partition coefficient (Wildman–Crippen LogP) is 2.98. The number of hydrogen-bond acceptors (Lipinski definition) is 5. The molecule has 2 aromatic rings. The second kappa shape index (κ2) is 6.74. The molecule has 0 aliphatic carbocycles. The van der Waals surface area contributed by atoms with E-state index in [4.69, 9.17) is 14.2 Å². The maximum absolute atomic E-state index is 11.3. The van der Waals surface area contributed by atoms with E-state index in [0.717, 1.165) is 17.4 Å². The van der Waals surface area contributed by atoms with Gasteiger partial charge in [-0.1, -0.05) is 0 Å². The summed E-state index contributed by atoms with van der Waals surface area (Å²) in [4.78, 5) is 15.5. The number of ether oxygens (including phenoxy) is 3. The van der Waals surface area contributed by atoms with Crippen molar-refractivity contribution in [2.24, 2.45) is 0 Å².